The number of nitrogens with one attached hydrogen (secondary N) is 1. The molecular weight excluding hydrogens is 326 g/mol. The Hall–Kier alpha value is -1.89. The van der Waals surface area contributed by atoms with Gasteiger partial charge in [-0.25, -0.2) is 13.8 Å². The fourth-order valence-electron chi connectivity index (χ4n) is 1.78. The molecular formula is C17H27N3O3S. The maximum atomic E-state index is 12.1. The van der Waals surface area contributed by atoms with E-state index < -0.39 is 15.9 Å². The van der Waals surface area contributed by atoms with Crippen molar-refractivity contribution < 1.29 is 13.2 Å². The van der Waals surface area contributed by atoms with E-state index in [1.807, 2.05) is 46.8 Å². The van der Waals surface area contributed by atoms with Crippen molar-refractivity contribution in [3.63, 3.8) is 0 Å². The number of carbonyl (C=O) groups is 1. The molecule has 0 spiro atoms. The average Bonchev–Trinajstić information content (AvgIpc) is 2.48. The SMILES string of the molecule is CCc1ccc(N(CC(=O)N/N=C(/C)C(C)(C)C)S(C)(=O)=O)cc1. The summed E-state index contributed by atoms with van der Waals surface area (Å²) >= 11 is 0. The standard InChI is InChI=1S/C17H27N3O3S/c1-7-14-8-10-15(11-9-14)20(24(6,22)23)12-16(21)19-18-13(2)17(3,4)5/h8-11H,7,12H2,1-6H3,(H,19,21)/b18-13-. The van der Waals surface area contributed by atoms with E-state index in [0.717, 1.165) is 28.3 Å². The first-order valence-electron chi connectivity index (χ1n) is 7.85. The van der Waals surface area contributed by atoms with Crippen LogP contribution in [0.25, 0.3) is 0 Å². The van der Waals surface area contributed by atoms with E-state index in [9.17, 15) is 13.2 Å². The van der Waals surface area contributed by atoms with Crippen molar-refractivity contribution in [3.8, 4) is 0 Å². The van der Waals surface area contributed by atoms with Crippen molar-refractivity contribution in [2.24, 2.45) is 10.5 Å². The van der Waals surface area contributed by atoms with E-state index in [0.29, 0.717) is 5.69 Å². The molecule has 1 aromatic carbocycles. The van der Waals surface area contributed by atoms with Crippen molar-refractivity contribution in [2.45, 2.75) is 41.0 Å². The molecule has 1 N–H and O–H groups in total. The molecule has 0 fully saturated rings. The van der Waals surface area contributed by atoms with Crippen LogP contribution in [0.4, 0.5) is 5.69 Å². The molecule has 0 heterocycles. The zero-order valence-corrected chi connectivity index (χ0v) is 16.1. The maximum absolute atomic E-state index is 12.1. The van der Waals surface area contributed by atoms with Crippen molar-refractivity contribution in [1.82, 2.24) is 5.43 Å². The molecule has 0 atom stereocenters. The molecule has 1 aromatic rings. The van der Waals surface area contributed by atoms with Crippen LogP contribution < -0.4 is 9.73 Å². The van der Waals surface area contributed by atoms with E-state index in [2.05, 4.69) is 10.5 Å². The summed E-state index contributed by atoms with van der Waals surface area (Å²) in [5.74, 6) is -0.483. The van der Waals surface area contributed by atoms with Gasteiger partial charge in [-0.2, -0.15) is 5.10 Å². The Balaban J connectivity index is 2.93. The number of sulfonamides is 1. The van der Waals surface area contributed by atoms with Crippen LogP contribution in [0.15, 0.2) is 29.4 Å². The summed E-state index contributed by atoms with van der Waals surface area (Å²) in [5.41, 5.74) is 4.58. The third-order valence-electron chi connectivity index (χ3n) is 3.75. The number of hydrazone groups is 1. The predicted molar refractivity (Wildman–Crippen MR) is 98.7 cm³/mol. The first-order valence-corrected chi connectivity index (χ1v) is 9.70. The van der Waals surface area contributed by atoms with Gasteiger partial charge in [-0.05, 0) is 31.0 Å². The monoisotopic (exact) mass is 353 g/mol. The number of carbonyl (C=O) groups excluding carboxylic acids is 1. The predicted octanol–water partition coefficient (Wildman–Crippen LogP) is 2.55. The van der Waals surface area contributed by atoms with Crippen LogP contribution in [0.1, 0.15) is 40.2 Å². The van der Waals surface area contributed by atoms with Crippen molar-refractivity contribution in [1.29, 1.82) is 0 Å². The minimum atomic E-state index is -3.58. The number of amides is 1. The van der Waals surface area contributed by atoms with Gasteiger partial charge in [-0.1, -0.05) is 39.8 Å². The maximum Gasteiger partial charge on any atom is 0.260 e. The highest BCUT2D eigenvalue weighted by Crippen LogP contribution is 2.18. The van der Waals surface area contributed by atoms with E-state index >= 15 is 0 Å². The van der Waals surface area contributed by atoms with E-state index in [-0.39, 0.29) is 12.0 Å². The zero-order chi connectivity index (χ0) is 18.5. The van der Waals surface area contributed by atoms with Crippen LogP contribution in [0.5, 0.6) is 0 Å². The molecule has 0 aliphatic heterocycles. The van der Waals surface area contributed by atoms with Gasteiger partial charge < -0.3 is 0 Å². The number of hydrogen-bond donors (Lipinski definition) is 1. The summed E-state index contributed by atoms with van der Waals surface area (Å²) in [6, 6.07) is 7.12. The Morgan fingerprint density at radius 3 is 2.17 bits per heavy atom. The molecule has 1 rings (SSSR count). The normalized spacial score (nSPS) is 12.8. The van der Waals surface area contributed by atoms with Gasteiger partial charge in [-0.3, -0.25) is 9.10 Å². The molecule has 134 valence electrons. The Labute approximate surface area is 145 Å². The fraction of sp³-hybridized carbons (Fsp3) is 0.529. The molecule has 0 saturated heterocycles. The number of nitrogens with zero attached hydrogens (tertiary/aromatic N) is 2. The summed E-state index contributed by atoms with van der Waals surface area (Å²) in [5, 5.41) is 4.05. The first-order chi connectivity index (χ1) is 10.9. The molecule has 0 aliphatic carbocycles. The van der Waals surface area contributed by atoms with Gasteiger partial charge in [-0.15, -0.1) is 0 Å². The van der Waals surface area contributed by atoms with Crippen molar-refractivity contribution in [3.05, 3.63) is 29.8 Å². The molecule has 0 saturated carbocycles. The Bertz CT molecular complexity index is 702. The molecule has 6 nitrogen and oxygen atoms in total. The molecule has 0 aromatic heterocycles. The van der Waals surface area contributed by atoms with Crippen LogP contribution in [0.2, 0.25) is 0 Å². The molecule has 0 bridgehead atoms. The van der Waals surface area contributed by atoms with Gasteiger partial charge in [0.15, 0.2) is 0 Å². The summed E-state index contributed by atoms with van der Waals surface area (Å²) in [6.07, 6.45) is 1.94. The molecule has 24 heavy (non-hydrogen) atoms. The summed E-state index contributed by atoms with van der Waals surface area (Å²) in [7, 11) is -3.58. The highest BCUT2D eigenvalue weighted by Gasteiger charge is 2.21. The van der Waals surface area contributed by atoms with Crippen LogP contribution in [-0.2, 0) is 21.2 Å². The molecule has 0 radical (unpaired) electrons. The lowest BCUT2D eigenvalue weighted by Crippen LogP contribution is -2.39. The van der Waals surface area contributed by atoms with Crippen molar-refractivity contribution in [2.75, 3.05) is 17.1 Å². The van der Waals surface area contributed by atoms with E-state index in [4.69, 9.17) is 0 Å². The average molecular weight is 353 g/mol. The Kier molecular flexibility index (Phi) is 6.54. The highest BCUT2D eigenvalue weighted by atomic mass is 32.2. The van der Waals surface area contributed by atoms with Crippen molar-refractivity contribution >= 4 is 27.3 Å². The Morgan fingerprint density at radius 2 is 1.75 bits per heavy atom. The number of anilines is 1. The number of benzene rings is 1. The topological polar surface area (TPSA) is 78.8 Å². The largest absolute Gasteiger partial charge is 0.271 e. The van der Waals surface area contributed by atoms with Gasteiger partial charge in [0.1, 0.15) is 6.54 Å². The van der Waals surface area contributed by atoms with Gasteiger partial charge in [0.05, 0.1) is 11.9 Å². The molecule has 0 aliphatic rings. The van der Waals surface area contributed by atoms with Gasteiger partial charge in [0, 0.05) is 11.1 Å². The lowest BCUT2D eigenvalue weighted by atomic mass is 9.91. The van der Waals surface area contributed by atoms with Crippen LogP contribution in [0.3, 0.4) is 0 Å². The lowest BCUT2D eigenvalue weighted by Gasteiger charge is -2.22. The summed E-state index contributed by atoms with van der Waals surface area (Å²) < 4.78 is 25.1. The van der Waals surface area contributed by atoms with E-state index in [1.165, 1.54) is 0 Å². The lowest BCUT2D eigenvalue weighted by molar-refractivity contribution is -0.119. The second-order valence-corrected chi connectivity index (χ2v) is 8.68. The van der Waals surface area contributed by atoms with E-state index in [1.54, 1.807) is 12.1 Å². The fourth-order valence-corrected chi connectivity index (χ4v) is 2.63. The Morgan fingerprint density at radius 1 is 1.21 bits per heavy atom. The quantitative estimate of drug-likeness (QED) is 0.630. The molecule has 1 amide bonds. The van der Waals surface area contributed by atoms with Crippen LogP contribution in [0, 0.1) is 5.41 Å². The molecule has 0 unspecified atom stereocenters. The van der Waals surface area contributed by atoms with Crippen LogP contribution >= 0.6 is 0 Å². The summed E-state index contributed by atoms with van der Waals surface area (Å²) in [6.45, 7) is 9.47. The van der Waals surface area contributed by atoms with Gasteiger partial charge in [0.25, 0.3) is 5.91 Å². The molecule has 7 heteroatoms. The second-order valence-electron chi connectivity index (χ2n) is 6.77. The summed E-state index contributed by atoms with van der Waals surface area (Å²) in [4.78, 5) is 12.1. The number of hydrogen-bond acceptors (Lipinski definition) is 4. The second kappa shape index (κ2) is 7.79. The number of aryl methyl sites for hydroxylation is 1. The highest BCUT2D eigenvalue weighted by molar-refractivity contribution is 7.92. The third-order valence-corrected chi connectivity index (χ3v) is 4.89. The smallest absolute Gasteiger partial charge is 0.260 e. The van der Waals surface area contributed by atoms with Gasteiger partial charge >= 0.3 is 0 Å². The zero-order valence-electron chi connectivity index (χ0n) is 15.3. The van der Waals surface area contributed by atoms with Crippen LogP contribution in [-0.4, -0.2) is 32.8 Å². The third kappa shape index (κ3) is 5.96. The first kappa shape index (κ1) is 20.2. The number of rotatable bonds is 6. The minimum absolute atomic E-state index is 0.167. The minimum Gasteiger partial charge on any atom is -0.271 e. The van der Waals surface area contributed by atoms with Gasteiger partial charge in [0.2, 0.25) is 10.0 Å².